The van der Waals surface area contributed by atoms with Crippen molar-refractivity contribution in [2.24, 2.45) is 10.2 Å². The Balaban J connectivity index is 1.55. The number of hydrogen-bond acceptors (Lipinski definition) is 5. The summed E-state index contributed by atoms with van der Waals surface area (Å²) in [6.45, 7) is 5.80. The minimum atomic E-state index is -0.286. The van der Waals surface area contributed by atoms with Crippen LogP contribution in [-0.2, 0) is 4.79 Å². The second-order valence-electron chi connectivity index (χ2n) is 8.22. The number of rotatable bonds is 4. The van der Waals surface area contributed by atoms with Crippen LogP contribution in [0.3, 0.4) is 0 Å². The molecule has 2 aromatic rings. The highest BCUT2D eigenvalue weighted by Gasteiger charge is 2.31. The molecular weight excluding hydrogens is 376 g/mol. The molecule has 156 valence electrons. The standard InChI is InChI=1S/C24H28N4O2/c1-15-12-13-19(14-16(15)2)28-24(30)22(17(3)27-28)26-25-21-11-7-10-20(23(21)29)18-8-5-4-6-9-18/h7,10-14,18,25,29H,4-6,8-9H2,1-3H3. The van der Waals surface area contributed by atoms with Gasteiger partial charge in [0.2, 0.25) is 0 Å². The lowest BCUT2D eigenvalue weighted by atomic mass is 9.83. The molecule has 6 heteroatoms. The molecule has 0 aromatic heterocycles. The van der Waals surface area contributed by atoms with Crippen LogP contribution in [0.4, 0.5) is 11.4 Å². The van der Waals surface area contributed by atoms with E-state index >= 15 is 0 Å². The third-order valence-electron chi connectivity index (χ3n) is 6.12. The third kappa shape index (κ3) is 3.82. The number of phenolic OH excluding ortho intramolecular Hbond substituents is 1. The predicted octanol–water partition coefficient (Wildman–Crippen LogP) is 5.25. The summed E-state index contributed by atoms with van der Waals surface area (Å²) in [7, 11) is 0. The molecule has 6 nitrogen and oxygen atoms in total. The minimum Gasteiger partial charge on any atom is -0.505 e. The molecule has 2 aliphatic rings. The van der Waals surface area contributed by atoms with E-state index in [1.54, 1.807) is 13.0 Å². The second kappa shape index (κ2) is 8.30. The maximum atomic E-state index is 12.9. The number of phenols is 1. The molecule has 30 heavy (non-hydrogen) atoms. The van der Waals surface area contributed by atoms with Gasteiger partial charge in [0.05, 0.1) is 17.1 Å². The summed E-state index contributed by atoms with van der Waals surface area (Å²) in [5.74, 6) is 0.316. The molecule has 1 saturated carbocycles. The summed E-state index contributed by atoms with van der Waals surface area (Å²) in [6.07, 6.45) is 5.85. The number of benzene rings is 2. The fourth-order valence-electron chi connectivity index (χ4n) is 4.17. The van der Waals surface area contributed by atoms with E-state index in [2.05, 4.69) is 15.6 Å². The van der Waals surface area contributed by atoms with Crippen LogP contribution >= 0.6 is 0 Å². The van der Waals surface area contributed by atoms with E-state index in [0.717, 1.165) is 35.2 Å². The normalized spacial score (nSPS) is 18.8. The lowest BCUT2D eigenvalue weighted by molar-refractivity contribution is -0.112. The monoisotopic (exact) mass is 404 g/mol. The first-order valence-electron chi connectivity index (χ1n) is 10.6. The lowest BCUT2D eigenvalue weighted by Gasteiger charge is -2.23. The zero-order valence-electron chi connectivity index (χ0n) is 17.8. The zero-order chi connectivity index (χ0) is 21.3. The molecule has 1 fully saturated rings. The van der Waals surface area contributed by atoms with Crippen LogP contribution in [0.25, 0.3) is 0 Å². The Hall–Kier alpha value is -3.15. The van der Waals surface area contributed by atoms with Crippen molar-refractivity contribution in [2.75, 3.05) is 10.4 Å². The Labute approximate surface area is 177 Å². The van der Waals surface area contributed by atoms with Gasteiger partial charge in [-0.3, -0.25) is 10.2 Å². The van der Waals surface area contributed by atoms with Crippen LogP contribution in [0, 0.1) is 13.8 Å². The first-order valence-corrected chi connectivity index (χ1v) is 10.6. The van der Waals surface area contributed by atoms with E-state index in [1.165, 1.54) is 24.3 Å². The SMILES string of the molecule is CC1=NN(c2ccc(C)c(C)c2)C(=O)C1=NNc1cccc(C2CCCCC2)c1O. The molecule has 1 amide bonds. The van der Waals surface area contributed by atoms with Gasteiger partial charge in [0, 0.05) is 0 Å². The molecule has 0 spiro atoms. The number of carbonyl (C=O) groups excluding carboxylic acids is 1. The van der Waals surface area contributed by atoms with Gasteiger partial charge in [0.25, 0.3) is 0 Å². The molecule has 1 heterocycles. The van der Waals surface area contributed by atoms with E-state index in [9.17, 15) is 9.90 Å². The number of hydrogen-bond donors (Lipinski definition) is 2. The van der Waals surface area contributed by atoms with E-state index in [0.29, 0.717) is 17.3 Å². The Morgan fingerprint density at radius 1 is 1.07 bits per heavy atom. The number of para-hydroxylation sites is 1. The first-order chi connectivity index (χ1) is 14.5. The van der Waals surface area contributed by atoms with Crippen LogP contribution < -0.4 is 10.4 Å². The summed E-state index contributed by atoms with van der Waals surface area (Å²) in [5, 5.41) is 20.8. The topological polar surface area (TPSA) is 77.3 Å². The van der Waals surface area contributed by atoms with Crippen LogP contribution in [0.15, 0.2) is 46.6 Å². The van der Waals surface area contributed by atoms with Crippen LogP contribution in [0.5, 0.6) is 5.75 Å². The number of hydrazone groups is 2. The average Bonchev–Trinajstić information content (AvgIpc) is 3.03. The average molecular weight is 405 g/mol. The summed E-state index contributed by atoms with van der Waals surface area (Å²) < 4.78 is 0. The molecule has 2 aromatic carbocycles. The molecule has 0 atom stereocenters. The summed E-state index contributed by atoms with van der Waals surface area (Å²) in [5.41, 5.74) is 8.12. The number of amides is 1. The third-order valence-corrected chi connectivity index (χ3v) is 6.12. The number of carbonyl (C=O) groups is 1. The van der Waals surface area contributed by atoms with Gasteiger partial charge < -0.3 is 5.11 Å². The fraction of sp³-hybridized carbons (Fsp3) is 0.375. The Morgan fingerprint density at radius 2 is 1.83 bits per heavy atom. The van der Waals surface area contributed by atoms with Crippen molar-refractivity contribution < 1.29 is 9.90 Å². The highest BCUT2D eigenvalue weighted by molar-refractivity contribution is 6.71. The Morgan fingerprint density at radius 3 is 2.57 bits per heavy atom. The molecule has 4 rings (SSSR count). The first kappa shape index (κ1) is 20.1. The van der Waals surface area contributed by atoms with E-state index in [1.807, 2.05) is 44.2 Å². The molecule has 1 aliphatic heterocycles. The van der Waals surface area contributed by atoms with Crippen molar-refractivity contribution in [3.8, 4) is 5.75 Å². The van der Waals surface area contributed by atoms with Gasteiger partial charge in [-0.2, -0.15) is 15.2 Å². The van der Waals surface area contributed by atoms with Gasteiger partial charge in [-0.05, 0) is 74.4 Å². The van der Waals surface area contributed by atoms with Crippen molar-refractivity contribution in [1.29, 1.82) is 0 Å². The number of aromatic hydroxyl groups is 1. The molecule has 0 bridgehead atoms. The van der Waals surface area contributed by atoms with Gasteiger partial charge >= 0.3 is 5.91 Å². The van der Waals surface area contributed by atoms with Crippen molar-refractivity contribution in [1.82, 2.24) is 0 Å². The van der Waals surface area contributed by atoms with Gasteiger partial charge in [0.15, 0.2) is 5.71 Å². The minimum absolute atomic E-state index is 0.222. The Bertz CT molecular complexity index is 1040. The highest BCUT2D eigenvalue weighted by Crippen LogP contribution is 2.40. The van der Waals surface area contributed by atoms with Crippen molar-refractivity contribution in [2.45, 2.75) is 58.8 Å². The Kier molecular flexibility index (Phi) is 5.57. The lowest BCUT2D eigenvalue weighted by Crippen LogP contribution is -2.28. The molecule has 1 aliphatic carbocycles. The van der Waals surface area contributed by atoms with Crippen LogP contribution in [-0.4, -0.2) is 22.4 Å². The summed E-state index contributed by atoms with van der Waals surface area (Å²) in [6, 6.07) is 11.5. The number of anilines is 2. The van der Waals surface area contributed by atoms with Gasteiger partial charge in [-0.1, -0.05) is 37.5 Å². The summed E-state index contributed by atoms with van der Waals surface area (Å²) >= 11 is 0. The van der Waals surface area contributed by atoms with E-state index < -0.39 is 0 Å². The van der Waals surface area contributed by atoms with Crippen molar-refractivity contribution in [3.05, 3.63) is 53.1 Å². The van der Waals surface area contributed by atoms with Gasteiger partial charge in [-0.15, -0.1) is 0 Å². The van der Waals surface area contributed by atoms with E-state index in [4.69, 9.17) is 0 Å². The maximum Gasteiger partial charge on any atom is 0.301 e. The number of nitrogens with zero attached hydrogens (tertiary/aromatic N) is 3. The van der Waals surface area contributed by atoms with Crippen molar-refractivity contribution in [3.63, 3.8) is 0 Å². The predicted molar refractivity (Wildman–Crippen MR) is 122 cm³/mol. The summed E-state index contributed by atoms with van der Waals surface area (Å²) in [4.78, 5) is 12.9. The molecule has 2 N–H and O–H groups in total. The van der Waals surface area contributed by atoms with Crippen molar-refractivity contribution >= 4 is 28.7 Å². The van der Waals surface area contributed by atoms with E-state index in [-0.39, 0.29) is 17.4 Å². The number of aryl methyl sites for hydroxylation is 2. The molecular formula is C24H28N4O2. The largest absolute Gasteiger partial charge is 0.505 e. The second-order valence-corrected chi connectivity index (χ2v) is 8.22. The zero-order valence-corrected chi connectivity index (χ0v) is 17.8. The smallest absolute Gasteiger partial charge is 0.301 e. The van der Waals surface area contributed by atoms with Gasteiger partial charge in [0.1, 0.15) is 5.75 Å². The fourth-order valence-corrected chi connectivity index (χ4v) is 4.17. The molecule has 0 radical (unpaired) electrons. The maximum absolute atomic E-state index is 12.9. The number of nitrogens with one attached hydrogen (secondary N) is 1. The molecule has 0 saturated heterocycles. The quantitative estimate of drug-likeness (QED) is 0.540. The van der Waals surface area contributed by atoms with Crippen LogP contribution in [0.1, 0.15) is 61.6 Å². The van der Waals surface area contributed by atoms with Gasteiger partial charge in [-0.25, -0.2) is 0 Å². The molecule has 0 unspecified atom stereocenters. The van der Waals surface area contributed by atoms with Crippen LogP contribution in [0.2, 0.25) is 0 Å². The highest BCUT2D eigenvalue weighted by atomic mass is 16.3.